The molecule has 1 aromatic heterocycles. The molecule has 1 heterocycles. The summed E-state index contributed by atoms with van der Waals surface area (Å²) in [6.45, 7) is -0.809. The largest absolute Gasteiger partial charge is 0.416 e. The summed E-state index contributed by atoms with van der Waals surface area (Å²) < 4.78 is 106. The SMILES string of the molecule is CCS(=O)(=O)NCC(NC(=O)Cn1nc(-c2ccc(Cl)cc2)n(CCC(F)(F)F)c1=O)c1cccc(C(F)(F)F)c1. The van der Waals surface area contributed by atoms with Crippen LogP contribution in [0.5, 0.6) is 0 Å². The van der Waals surface area contributed by atoms with Gasteiger partial charge in [-0.2, -0.15) is 26.3 Å². The highest BCUT2D eigenvalue weighted by atomic mass is 35.5. The molecule has 0 spiro atoms. The molecule has 0 aliphatic rings. The standard InChI is InChI=1S/C24H24ClF6N5O4S/c1-2-41(39,40)32-13-19(16-4-3-5-17(12-16)24(29,30)31)33-20(37)14-36-22(38)35(11-10-23(26,27)28)21(34-36)15-6-8-18(25)9-7-15/h3-9,12,19,32H,2,10-11,13-14H2,1H3,(H,33,37). The minimum Gasteiger partial charge on any atom is -0.346 e. The Bertz CT molecular complexity index is 1540. The van der Waals surface area contributed by atoms with Crippen molar-refractivity contribution in [3.8, 4) is 11.4 Å². The summed E-state index contributed by atoms with van der Waals surface area (Å²) in [5, 5.41) is 6.70. The van der Waals surface area contributed by atoms with Gasteiger partial charge in [0.1, 0.15) is 6.54 Å². The van der Waals surface area contributed by atoms with Crippen LogP contribution in [0, 0.1) is 0 Å². The fraction of sp³-hybridized carbons (Fsp3) is 0.375. The van der Waals surface area contributed by atoms with Gasteiger partial charge in [-0.1, -0.05) is 23.7 Å². The van der Waals surface area contributed by atoms with Crippen LogP contribution in [0.1, 0.15) is 30.5 Å². The van der Waals surface area contributed by atoms with Crippen molar-refractivity contribution in [3.63, 3.8) is 0 Å². The molecule has 9 nitrogen and oxygen atoms in total. The van der Waals surface area contributed by atoms with Crippen LogP contribution < -0.4 is 15.7 Å². The first kappa shape index (κ1) is 32.1. The van der Waals surface area contributed by atoms with Gasteiger partial charge in [-0.15, -0.1) is 5.10 Å². The van der Waals surface area contributed by atoms with Crippen molar-refractivity contribution in [2.45, 2.75) is 44.8 Å². The van der Waals surface area contributed by atoms with Crippen LogP contribution in [-0.2, 0) is 34.1 Å². The Morgan fingerprint density at radius 2 is 1.73 bits per heavy atom. The zero-order valence-electron chi connectivity index (χ0n) is 21.3. The predicted octanol–water partition coefficient (Wildman–Crippen LogP) is 4.13. The first-order valence-electron chi connectivity index (χ1n) is 11.9. The molecule has 1 atom stereocenters. The molecule has 1 amide bonds. The van der Waals surface area contributed by atoms with E-state index in [0.29, 0.717) is 9.70 Å². The van der Waals surface area contributed by atoms with Gasteiger partial charge in [0.2, 0.25) is 15.9 Å². The van der Waals surface area contributed by atoms with Crippen LogP contribution in [0.25, 0.3) is 11.4 Å². The van der Waals surface area contributed by atoms with E-state index in [1.165, 1.54) is 37.3 Å². The molecular weight excluding hydrogens is 604 g/mol. The Labute approximate surface area is 235 Å². The Morgan fingerprint density at radius 3 is 2.32 bits per heavy atom. The average molecular weight is 628 g/mol. The number of halogens is 7. The quantitative estimate of drug-likeness (QED) is 0.310. The van der Waals surface area contributed by atoms with Crippen molar-refractivity contribution in [2.75, 3.05) is 12.3 Å². The summed E-state index contributed by atoms with van der Waals surface area (Å²) in [4.78, 5) is 25.9. The molecule has 0 fully saturated rings. The molecule has 41 heavy (non-hydrogen) atoms. The maximum Gasteiger partial charge on any atom is 0.416 e. The van der Waals surface area contributed by atoms with Crippen molar-refractivity contribution >= 4 is 27.5 Å². The normalized spacial score (nSPS) is 13.3. The number of nitrogens with zero attached hydrogens (tertiary/aromatic N) is 3. The molecule has 0 saturated heterocycles. The van der Waals surface area contributed by atoms with Gasteiger partial charge in [0.05, 0.1) is 23.8 Å². The number of alkyl halides is 6. The van der Waals surface area contributed by atoms with Crippen molar-refractivity contribution < 1.29 is 39.6 Å². The number of hydrogen-bond acceptors (Lipinski definition) is 5. The Hall–Kier alpha value is -3.37. The number of carbonyl (C=O) groups is 1. The Morgan fingerprint density at radius 1 is 1.07 bits per heavy atom. The highest BCUT2D eigenvalue weighted by molar-refractivity contribution is 7.89. The lowest BCUT2D eigenvalue weighted by Crippen LogP contribution is -2.41. The predicted molar refractivity (Wildman–Crippen MR) is 137 cm³/mol. The summed E-state index contributed by atoms with van der Waals surface area (Å²) in [5.74, 6) is -1.48. The molecule has 0 aliphatic carbocycles. The zero-order valence-corrected chi connectivity index (χ0v) is 22.8. The summed E-state index contributed by atoms with van der Waals surface area (Å²) in [6, 6.07) is 8.25. The number of aromatic nitrogens is 3. The molecule has 2 N–H and O–H groups in total. The second-order valence-electron chi connectivity index (χ2n) is 8.78. The Kier molecular flexibility index (Phi) is 9.92. The smallest absolute Gasteiger partial charge is 0.346 e. The second-order valence-corrected chi connectivity index (χ2v) is 11.3. The van der Waals surface area contributed by atoms with Gasteiger partial charge in [-0.3, -0.25) is 9.36 Å². The molecule has 2 aromatic carbocycles. The van der Waals surface area contributed by atoms with Crippen LogP contribution in [0.3, 0.4) is 0 Å². The number of amides is 1. The van der Waals surface area contributed by atoms with E-state index in [9.17, 15) is 44.3 Å². The third-order valence-corrected chi connectivity index (χ3v) is 7.39. The van der Waals surface area contributed by atoms with E-state index in [1.54, 1.807) is 0 Å². The van der Waals surface area contributed by atoms with Crippen molar-refractivity contribution in [2.24, 2.45) is 0 Å². The van der Waals surface area contributed by atoms with E-state index in [-0.39, 0.29) is 22.7 Å². The fourth-order valence-corrected chi connectivity index (χ4v) is 4.42. The molecule has 1 unspecified atom stereocenters. The first-order chi connectivity index (χ1) is 19.0. The van der Waals surface area contributed by atoms with E-state index < -0.39 is 71.6 Å². The first-order valence-corrected chi connectivity index (χ1v) is 14.0. The van der Waals surface area contributed by atoms with Crippen LogP contribution in [0.4, 0.5) is 26.3 Å². The lowest BCUT2D eigenvalue weighted by molar-refractivity contribution is -0.138. The summed E-state index contributed by atoms with van der Waals surface area (Å²) in [5.41, 5.74) is -1.93. The molecule has 0 bridgehead atoms. The van der Waals surface area contributed by atoms with Crippen LogP contribution in [0.15, 0.2) is 53.3 Å². The van der Waals surface area contributed by atoms with E-state index in [2.05, 4.69) is 15.1 Å². The molecule has 224 valence electrons. The van der Waals surface area contributed by atoms with E-state index in [4.69, 9.17) is 11.6 Å². The van der Waals surface area contributed by atoms with Gasteiger partial charge in [-0.25, -0.2) is 22.6 Å². The number of hydrogen-bond donors (Lipinski definition) is 2. The number of rotatable bonds is 11. The topological polar surface area (TPSA) is 115 Å². The zero-order chi connectivity index (χ0) is 30.6. The number of sulfonamides is 1. The molecule has 3 aromatic rings. The van der Waals surface area contributed by atoms with E-state index in [1.807, 2.05) is 0 Å². The number of carbonyl (C=O) groups excluding carboxylic acids is 1. The van der Waals surface area contributed by atoms with Gasteiger partial charge in [-0.05, 0) is 48.9 Å². The highest BCUT2D eigenvalue weighted by Gasteiger charge is 2.32. The average Bonchev–Trinajstić information content (AvgIpc) is 3.19. The summed E-state index contributed by atoms with van der Waals surface area (Å²) in [7, 11) is -3.81. The monoisotopic (exact) mass is 627 g/mol. The van der Waals surface area contributed by atoms with Gasteiger partial charge in [0, 0.05) is 23.7 Å². The van der Waals surface area contributed by atoms with Crippen LogP contribution >= 0.6 is 11.6 Å². The molecular formula is C24H24ClF6N5O4S. The molecule has 0 aliphatic heterocycles. The highest BCUT2D eigenvalue weighted by Crippen LogP contribution is 2.31. The lowest BCUT2D eigenvalue weighted by atomic mass is 10.0. The molecule has 0 radical (unpaired) electrons. The maximum absolute atomic E-state index is 13.3. The summed E-state index contributed by atoms with van der Waals surface area (Å²) in [6.07, 6.45) is -10.7. The van der Waals surface area contributed by atoms with Gasteiger partial charge in [0.15, 0.2) is 5.82 Å². The molecule has 17 heteroatoms. The number of benzene rings is 2. The maximum atomic E-state index is 13.3. The third-order valence-electron chi connectivity index (χ3n) is 5.78. The van der Waals surface area contributed by atoms with Crippen molar-refractivity contribution in [3.05, 3.63) is 75.2 Å². The van der Waals surface area contributed by atoms with Gasteiger partial charge < -0.3 is 5.32 Å². The lowest BCUT2D eigenvalue weighted by Gasteiger charge is -2.21. The van der Waals surface area contributed by atoms with Gasteiger partial charge in [0.25, 0.3) is 0 Å². The van der Waals surface area contributed by atoms with Crippen molar-refractivity contribution in [1.82, 2.24) is 24.4 Å². The fourth-order valence-electron chi connectivity index (χ4n) is 3.67. The van der Waals surface area contributed by atoms with E-state index in [0.717, 1.165) is 22.8 Å². The Balaban J connectivity index is 1.93. The van der Waals surface area contributed by atoms with E-state index >= 15 is 0 Å². The van der Waals surface area contributed by atoms with Crippen LogP contribution in [-0.4, -0.2) is 47.1 Å². The minimum absolute atomic E-state index is 0.0862. The summed E-state index contributed by atoms with van der Waals surface area (Å²) >= 11 is 5.86. The third kappa shape index (κ3) is 9.06. The molecule has 0 saturated carbocycles. The molecule has 3 rings (SSSR count). The van der Waals surface area contributed by atoms with Crippen molar-refractivity contribution in [1.29, 1.82) is 0 Å². The van der Waals surface area contributed by atoms with Gasteiger partial charge >= 0.3 is 18.0 Å². The second kappa shape index (κ2) is 12.7. The minimum atomic E-state index is -4.72. The number of nitrogens with one attached hydrogen (secondary N) is 2. The van der Waals surface area contributed by atoms with Crippen LogP contribution in [0.2, 0.25) is 5.02 Å².